The van der Waals surface area contributed by atoms with Crippen molar-refractivity contribution in [2.45, 2.75) is 12.5 Å². The van der Waals surface area contributed by atoms with E-state index in [1.807, 2.05) is 0 Å². The normalized spacial score (nSPS) is 22.5. The number of aliphatic hydroxyl groups excluding tert-OH is 1. The van der Waals surface area contributed by atoms with Crippen molar-refractivity contribution in [1.82, 2.24) is 4.90 Å². The Balaban J connectivity index is 2.42. The maximum Gasteiger partial charge on any atom is 0.236 e. The van der Waals surface area contributed by atoms with Crippen molar-refractivity contribution >= 4 is 5.91 Å². The van der Waals surface area contributed by atoms with Crippen molar-refractivity contribution in [2.75, 3.05) is 26.3 Å². The van der Waals surface area contributed by atoms with Crippen LogP contribution in [0.15, 0.2) is 0 Å². The average Bonchev–Trinajstić information content (AvgIpc) is 2.18. The van der Waals surface area contributed by atoms with Gasteiger partial charge in [-0.15, -0.1) is 0 Å². The van der Waals surface area contributed by atoms with Crippen molar-refractivity contribution in [1.29, 1.82) is 5.26 Å². The first-order valence-electron chi connectivity index (χ1n) is 4.15. The van der Waals surface area contributed by atoms with Crippen molar-refractivity contribution < 1.29 is 14.6 Å². The molecular formula is C8H12N2O3. The predicted molar refractivity (Wildman–Crippen MR) is 43.6 cm³/mol. The van der Waals surface area contributed by atoms with Gasteiger partial charge in [0.25, 0.3) is 0 Å². The van der Waals surface area contributed by atoms with Gasteiger partial charge in [-0.2, -0.15) is 5.26 Å². The number of hydrogen-bond donors (Lipinski definition) is 1. The summed E-state index contributed by atoms with van der Waals surface area (Å²) in [4.78, 5) is 12.8. The van der Waals surface area contributed by atoms with E-state index in [0.29, 0.717) is 19.7 Å². The fourth-order valence-electron chi connectivity index (χ4n) is 1.24. The van der Waals surface area contributed by atoms with Crippen LogP contribution in [-0.2, 0) is 9.53 Å². The van der Waals surface area contributed by atoms with Gasteiger partial charge in [0.2, 0.25) is 5.91 Å². The molecule has 1 N–H and O–H groups in total. The minimum absolute atomic E-state index is 0.0870. The lowest BCUT2D eigenvalue weighted by Crippen LogP contribution is -2.46. The Labute approximate surface area is 76.5 Å². The van der Waals surface area contributed by atoms with Crippen LogP contribution in [0.1, 0.15) is 6.42 Å². The third-order valence-corrected chi connectivity index (χ3v) is 1.93. The lowest BCUT2D eigenvalue weighted by molar-refractivity contribution is -0.139. The molecule has 1 unspecified atom stereocenters. The first-order chi connectivity index (χ1) is 6.27. The number of amides is 1. The number of hydrogen-bond acceptors (Lipinski definition) is 4. The van der Waals surface area contributed by atoms with Crippen molar-refractivity contribution in [3.63, 3.8) is 0 Å². The van der Waals surface area contributed by atoms with Gasteiger partial charge in [0.05, 0.1) is 25.4 Å². The Morgan fingerprint density at radius 2 is 2.54 bits per heavy atom. The lowest BCUT2D eigenvalue weighted by Gasteiger charge is -2.31. The zero-order valence-electron chi connectivity index (χ0n) is 7.27. The molecule has 13 heavy (non-hydrogen) atoms. The highest BCUT2D eigenvalue weighted by Gasteiger charge is 2.22. The zero-order valence-corrected chi connectivity index (χ0v) is 7.27. The van der Waals surface area contributed by atoms with Crippen LogP contribution >= 0.6 is 0 Å². The van der Waals surface area contributed by atoms with Crippen LogP contribution < -0.4 is 0 Å². The first kappa shape index (κ1) is 9.96. The number of nitrogens with zero attached hydrogens (tertiary/aromatic N) is 2. The average molecular weight is 184 g/mol. The number of carbonyl (C=O) groups excluding carboxylic acids is 1. The summed E-state index contributed by atoms with van der Waals surface area (Å²) in [5.74, 6) is -0.191. The van der Waals surface area contributed by atoms with Crippen LogP contribution in [0.2, 0.25) is 0 Å². The molecule has 1 atom stereocenters. The van der Waals surface area contributed by atoms with Gasteiger partial charge in [-0.05, 0) is 0 Å². The maximum absolute atomic E-state index is 11.2. The van der Waals surface area contributed by atoms with E-state index in [0.717, 1.165) is 0 Å². The molecule has 1 saturated heterocycles. The molecule has 1 heterocycles. The van der Waals surface area contributed by atoms with E-state index in [1.165, 1.54) is 0 Å². The van der Waals surface area contributed by atoms with Gasteiger partial charge in [-0.25, -0.2) is 0 Å². The molecule has 0 aromatic carbocycles. The zero-order chi connectivity index (χ0) is 9.68. The number of rotatable bonds is 2. The predicted octanol–water partition coefficient (Wildman–Crippen LogP) is -0.880. The highest BCUT2D eigenvalue weighted by atomic mass is 16.5. The molecule has 0 aliphatic carbocycles. The molecule has 1 aliphatic rings. The van der Waals surface area contributed by atoms with Gasteiger partial charge in [0, 0.05) is 13.1 Å². The fourth-order valence-corrected chi connectivity index (χ4v) is 1.24. The van der Waals surface area contributed by atoms with Gasteiger partial charge in [0.1, 0.15) is 6.42 Å². The smallest absolute Gasteiger partial charge is 0.236 e. The molecule has 72 valence electrons. The fraction of sp³-hybridized carbons (Fsp3) is 0.750. The summed E-state index contributed by atoms with van der Waals surface area (Å²) in [6.07, 6.45) is -0.394. The third-order valence-electron chi connectivity index (χ3n) is 1.93. The Morgan fingerprint density at radius 1 is 1.77 bits per heavy atom. The first-order valence-corrected chi connectivity index (χ1v) is 4.15. The molecule has 0 spiro atoms. The van der Waals surface area contributed by atoms with Crippen LogP contribution in [0, 0.1) is 11.3 Å². The molecule has 1 rings (SSSR count). The SMILES string of the molecule is N#CCC(=O)N1CCOC(CO)C1. The van der Waals surface area contributed by atoms with E-state index in [2.05, 4.69) is 0 Å². The standard InChI is InChI=1S/C8H12N2O3/c9-2-1-8(12)10-3-4-13-7(5-10)6-11/h7,11H,1,3-6H2. The molecule has 0 saturated carbocycles. The number of morpholine rings is 1. The van der Waals surface area contributed by atoms with E-state index in [9.17, 15) is 4.79 Å². The van der Waals surface area contributed by atoms with Crippen LogP contribution in [0.3, 0.4) is 0 Å². The van der Waals surface area contributed by atoms with Crippen molar-refractivity contribution in [2.24, 2.45) is 0 Å². The summed E-state index contributed by atoms with van der Waals surface area (Å²) >= 11 is 0. The Bertz CT molecular complexity index is 224. The number of nitriles is 1. The number of aliphatic hydroxyl groups is 1. The molecule has 5 heteroatoms. The molecule has 0 aromatic rings. The molecular weight excluding hydrogens is 172 g/mol. The van der Waals surface area contributed by atoms with Gasteiger partial charge in [-0.3, -0.25) is 4.79 Å². The summed E-state index contributed by atoms with van der Waals surface area (Å²) in [5, 5.41) is 17.1. The molecule has 0 bridgehead atoms. The van der Waals surface area contributed by atoms with E-state index in [4.69, 9.17) is 15.1 Å². The van der Waals surface area contributed by atoms with E-state index < -0.39 is 0 Å². The molecule has 1 amide bonds. The van der Waals surface area contributed by atoms with Crippen molar-refractivity contribution in [3.05, 3.63) is 0 Å². The number of carbonyl (C=O) groups is 1. The second-order valence-corrected chi connectivity index (χ2v) is 2.85. The van der Waals surface area contributed by atoms with Crippen LogP contribution in [0.5, 0.6) is 0 Å². The minimum Gasteiger partial charge on any atom is -0.394 e. The summed E-state index contributed by atoms with van der Waals surface area (Å²) in [7, 11) is 0. The van der Waals surface area contributed by atoms with Gasteiger partial charge < -0.3 is 14.7 Å². The Morgan fingerprint density at radius 3 is 3.15 bits per heavy atom. The summed E-state index contributed by atoms with van der Waals surface area (Å²) in [6.45, 7) is 1.24. The maximum atomic E-state index is 11.2. The molecule has 0 aromatic heterocycles. The van der Waals surface area contributed by atoms with E-state index in [1.54, 1.807) is 11.0 Å². The second-order valence-electron chi connectivity index (χ2n) is 2.85. The highest BCUT2D eigenvalue weighted by molar-refractivity contribution is 5.78. The quantitative estimate of drug-likeness (QED) is 0.604. The van der Waals surface area contributed by atoms with Crippen LogP contribution in [0.4, 0.5) is 0 Å². The van der Waals surface area contributed by atoms with Gasteiger partial charge >= 0.3 is 0 Å². The second kappa shape index (κ2) is 4.80. The topological polar surface area (TPSA) is 73.6 Å². The Kier molecular flexibility index (Phi) is 3.68. The summed E-state index contributed by atoms with van der Waals surface area (Å²) < 4.78 is 5.16. The van der Waals surface area contributed by atoms with Crippen molar-refractivity contribution in [3.8, 4) is 6.07 Å². The lowest BCUT2D eigenvalue weighted by atomic mass is 10.2. The Hall–Kier alpha value is -1.12. The van der Waals surface area contributed by atoms with Crippen LogP contribution in [-0.4, -0.2) is 48.3 Å². The number of ether oxygens (including phenoxy) is 1. The molecule has 0 radical (unpaired) electrons. The monoisotopic (exact) mass is 184 g/mol. The van der Waals surface area contributed by atoms with Gasteiger partial charge in [-0.1, -0.05) is 0 Å². The molecule has 1 aliphatic heterocycles. The molecule has 5 nitrogen and oxygen atoms in total. The van der Waals surface area contributed by atoms with E-state index >= 15 is 0 Å². The van der Waals surface area contributed by atoms with E-state index in [-0.39, 0.29) is 25.0 Å². The van der Waals surface area contributed by atoms with Crippen LogP contribution in [0.25, 0.3) is 0 Å². The summed E-state index contributed by atoms with van der Waals surface area (Å²) in [5.41, 5.74) is 0. The summed E-state index contributed by atoms with van der Waals surface area (Å²) in [6, 6.07) is 1.80. The third kappa shape index (κ3) is 2.68. The molecule has 1 fully saturated rings. The minimum atomic E-state index is -0.295. The van der Waals surface area contributed by atoms with Gasteiger partial charge in [0.15, 0.2) is 0 Å². The highest BCUT2D eigenvalue weighted by Crippen LogP contribution is 2.05. The largest absolute Gasteiger partial charge is 0.394 e.